The van der Waals surface area contributed by atoms with Crippen molar-refractivity contribution in [3.8, 4) is 11.4 Å². The molecule has 0 fully saturated rings. The smallest absolute Gasteiger partial charge is 0.439 e. The number of aryl methyl sites for hydroxylation is 1. The van der Waals surface area contributed by atoms with E-state index in [9.17, 15) is 18.4 Å². The summed E-state index contributed by atoms with van der Waals surface area (Å²) in [7, 11) is 1.57. The van der Waals surface area contributed by atoms with Gasteiger partial charge in [0, 0.05) is 36.3 Å². The van der Waals surface area contributed by atoms with E-state index < -0.39 is 23.4 Å². The Kier molecular flexibility index (Phi) is 6.56. The fourth-order valence-electron chi connectivity index (χ4n) is 4.03. The molecule has 0 aliphatic carbocycles. The molecule has 4 rings (SSSR count). The van der Waals surface area contributed by atoms with Crippen LogP contribution in [0.3, 0.4) is 0 Å². The van der Waals surface area contributed by atoms with Gasteiger partial charge >= 0.3 is 5.76 Å². The molecule has 2 heterocycles. The Morgan fingerprint density at radius 1 is 1.25 bits per heavy atom. The third-order valence-corrected chi connectivity index (χ3v) is 5.71. The maximum atomic E-state index is 14.8. The summed E-state index contributed by atoms with van der Waals surface area (Å²) >= 11 is 0. The van der Waals surface area contributed by atoms with Gasteiger partial charge in [-0.1, -0.05) is 11.2 Å². The highest BCUT2D eigenvalue weighted by Crippen LogP contribution is 2.34. The number of nitrogens with two attached hydrogens (primary N) is 1. The molecular formula is C25H23F2N5O4. The summed E-state index contributed by atoms with van der Waals surface area (Å²) in [5.74, 6) is -3.26. The van der Waals surface area contributed by atoms with Crippen LogP contribution >= 0.6 is 0 Å². The zero-order valence-electron chi connectivity index (χ0n) is 19.9. The molecule has 0 spiro atoms. The second-order valence-electron chi connectivity index (χ2n) is 8.22. The zero-order chi connectivity index (χ0) is 26.1. The molecule has 0 saturated carbocycles. The van der Waals surface area contributed by atoms with Crippen molar-refractivity contribution in [3.63, 3.8) is 0 Å². The second kappa shape index (κ2) is 9.61. The number of nitrogens with zero attached hydrogens (tertiary/aromatic N) is 2. The topological polar surface area (TPSA) is 140 Å². The predicted octanol–water partition coefficient (Wildman–Crippen LogP) is 4.20. The number of nitrogens with one attached hydrogen (secondary N) is 2. The Hall–Kier alpha value is -4.54. The largest absolute Gasteiger partial charge is 0.455 e. The van der Waals surface area contributed by atoms with Crippen LogP contribution in [0.1, 0.15) is 35.4 Å². The molecule has 9 nitrogen and oxygen atoms in total. The molecule has 0 aliphatic heterocycles. The molecule has 0 bridgehead atoms. The average molecular weight is 495 g/mol. The number of aromatic amines is 1. The minimum absolute atomic E-state index is 0.135. The fraction of sp³-hybridized carbons (Fsp3) is 0.200. The van der Waals surface area contributed by atoms with Crippen molar-refractivity contribution in [1.82, 2.24) is 10.1 Å². The predicted molar refractivity (Wildman–Crippen MR) is 133 cm³/mol. The van der Waals surface area contributed by atoms with Crippen molar-refractivity contribution in [1.29, 1.82) is 0 Å². The maximum Gasteiger partial charge on any atom is 0.439 e. The molecule has 1 unspecified atom stereocenters. The Morgan fingerprint density at radius 2 is 2.00 bits per heavy atom. The summed E-state index contributed by atoms with van der Waals surface area (Å²) in [6, 6.07) is 5.23. The lowest BCUT2D eigenvalue weighted by Gasteiger charge is -2.20. The first-order valence-corrected chi connectivity index (χ1v) is 10.9. The van der Waals surface area contributed by atoms with Crippen LogP contribution in [0, 0.1) is 25.5 Å². The highest BCUT2D eigenvalue weighted by molar-refractivity contribution is 6.09. The molecule has 4 aromatic rings. The molecule has 36 heavy (non-hydrogen) atoms. The first-order chi connectivity index (χ1) is 17.2. The van der Waals surface area contributed by atoms with Gasteiger partial charge in [0.1, 0.15) is 11.3 Å². The molecule has 0 amide bonds. The lowest BCUT2D eigenvalue weighted by Crippen LogP contribution is -2.14. The van der Waals surface area contributed by atoms with Crippen LogP contribution in [0.5, 0.6) is 0 Å². The van der Waals surface area contributed by atoms with Gasteiger partial charge in [0.25, 0.3) is 0 Å². The van der Waals surface area contributed by atoms with Crippen molar-refractivity contribution in [2.45, 2.75) is 26.8 Å². The summed E-state index contributed by atoms with van der Waals surface area (Å²) in [6.07, 6.45) is 2.78. The number of fused-ring (bicyclic) bond motifs is 1. The van der Waals surface area contributed by atoms with Gasteiger partial charge in [-0.25, -0.2) is 13.6 Å². The maximum absolute atomic E-state index is 14.8. The van der Waals surface area contributed by atoms with Gasteiger partial charge in [0.05, 0.1) is 22.6 Å². The van der Waals surface area contributed by atoms with E-state index in [4.69, 9.17) is 10.2 Å². The number of anilines is 1. The van der Waals surface area contributed by atoms with E-state index in [0.717, 1.165) is 11.6 Å². The lowest BCUT2D eigenvalue weighted by atomic mass is 9.98. The Labute approximate surface area is 203 Å². The van der Waals surface area contributed by atoms with E-state index in [0.29, 0.717) is 27.7 Å². The van der Waals surface area contributed by atoms with E-state index in [-0.39, 0.29) is 28.3 Å². The van der Waals surface area contributed by atoms with Crippen LogP contribution in [0.2, 0.25) is 0 Å². The van der Waals surface area contributed by atoms with E-state index in [1.165, 1.54) is 18.5 Å². The first kappa shape index (κ1) is 24.6. The molecule has 11 heteroatoms. The summed E-state index contributed by atoms with van der Waals surface area (Å²) in [5, 5.41) is 6.96. The molecule has 0 radical (unpaired) electrons. The number of benzene rings is 2. The quantitative estimate of drug-likeness (QED) is 0.341. The summed E-state index contributed by atoms with van der Waals surface area (Å²) in [4.78, 5) is 30.9. The number of H-pyrrole nitrogens is 1. The number of aliphatic imine (C=N–C) groups is 1. The fourth-order valence-corrected chi connectivity index (χ4v) is 4.03. The normalized spacial score (nSPS) is 13.0. The van der Waals surface area contributed by atoms with Gasteiger partial charge in [-0.15, -0.1) is 0 Å². The zero-order valence-corrected chi connectivity index (χ0v) is 19.9. The van der Waals surface area contributed by atoms with Gasteiger partial charge in [0.15, 0.2) is 22.9 Å². The van der Waals surface area contributed by atoms with Crippen LogP contribution in [-0.2, 0) is 0 Å². The number of hydrogen-bond acceptors (Lipinski definition) is 8. The van der Waals surface area contributed by atoms with Crippen LogP contribution in [0.4, 0.5) is 14.5 Å². The standard InChI is InChI=1S/C25H23F2N5O4/c1-11-7-15(23-16(8-11)21(33)12(2)22(35-23)14(9-28)10-29-4)13(3)30-18-6-5-17(26)20(27)19(18)24-31-25(34)36-32-24/h5-10,13,30H,28H2,1-4H3,(H,31,32,34)/b14-9+,29-10?. The minimum Gasteiger partial charge on any atom is -0.455 e. The summed E-state index contributed by atoms with van der Waals surface area (Å²) < 4.78 is 39.5. The van der Waals surface area contributed by atoms with Crippen molar-refractivity contribution < 1.29 is 17.7 Å². The minimum atomic E-state index is -1.22. The van der Waals surface area contributed by atoms with Crippen molar-refractivity contribution >= 4 is 28.4 Å². The van der Waals surface area contributed by atoms with Crippen LogP contribution < -0.4 is 22.2 Å². The lowest BCUT2D eigenvalue weighted by molar-refractivity contribution is 0.387. The van der Waals surface area contributed by atoms with Crippen LogP contribution in [0.15, 0.2) is 54.0 Å². The highest BCUT2D eigenvalue weighted by atomic mass is 19.2. The number of aromatic nitrogens is 2. The average Bonchev–Trinajstić information content (AvgIpc) is 3.28. The SMILES string of the molecule is CN=C/C(=C\N)c1oc2c(C(C)Nc3ccc(F)c(F)c3-c3noc(=O)[nH]3)cc(C)cc2c(=O)c1C. The Balaban J connectivity index is 1.90. The number of rotatable bonds is 6. The number of halogens is 2. The molecule has 0 aliphatic rings. The van der Waals surface area contributed by atoms with Crippen LogP contribution in [0.25, 0.3) is 27.9 Å². The first-order valence-electron chi connectivity index (χ1n) is 10.9. The summed E-state index contributed by atoms with van der Waals surface area (Å²) in [6.45, 7) is 5.23. The molecule has 2 aromatic carbocycles. The molecular weight excluding hydrogens is 472 g/mol. The Bertz CT molecular complexity index is 1650. The van der Waals surface area contributed by atoms with E-state index in [2.05, 4.69) is 25.0 Å². The van der Waals surface area contributed by atoms with Crippen LogP contribution in [-0.4, -0.2) is 23.4 Å². The number of hydrogen-bond donors (Lipinski definition) is 3. The molecule has 4 N–H and O–H groups in total. The van der Waals surface area contributed by atoms with E-state index in [1.807, 2.05) is 13.0 Å². The monoisotopic (exact) mass is 495 g/mol. The van der Waals surface area contributed by atoms with Gasteiger partial charge < -0.3 is 15.5 Å². The van der Waals surface area contributed by atoms with Gasteiger partial charge in [0.2, 0.25) is 0 Å². The second-order valence-corrected chi connectivity index (χ2v) is 8.22. The number of allylic oxidation sites excluding steroid dienone is 1. The van der Waals surface area contributed by atoms with E-state index >= 15 is 0 Å². The molecule has 0 saturated heterocycles. The third-order valence-electron chi connectivity index (χ3n) is 5.71. The van der Waals surface area contributed by atoms with E-state index in [1.54, 1.807) is 27.0 Å². The van der Waals surface area contributed by atoms with Gasteiger partial charge in [-0.3, -0.25) is 19.3 Å². The molecule has 1 atom stereocenters. The Morgan fingerprint density at radius 3 is 2.64 bits per heavy atom. The van der Waals surface area contributed by atoms with Gasteiger partial charge in [-0.2, -0.15) is 0 Å². The van der Waals surface area contributed by atoms with Crippen molar-refractivity contribution in [3.05, 3.63) is 85.3 Å². The van der Waals surface area contributed by atoms with Crippen molar-refractivity contribution in [2.24, 2.45) is 10.7 Å². The molecule has 2 aromatic heterocycles. The summed E-state index contributed by atoms with van der Waals surface area (Å²) in [5.41, 5.74) is 7.81. The molecule has 186 valence electrons. The third kappa shape index (κ3) is 4.30. The van der Waals surface area contributed by atoms with Gasteiger partial charge in [-0.05, 0) is 44.5 Å². The highest BCUT2D eigenvalue weighted by Gasteiger charge is 2.23. The van der Waals surface area contributed by atoms with Crippen molar-refractivity contribution in [2.75, 3.05) is 12.4 Å².